The van der Waals surface area contributed by atoms with Crippen molar-refractivity contribution >= 4 is 11.8 Å². The first-order chi connectivity index (χ1) is 13.2. The molecule has 6 nitrogen and oxygen atoms in total. The highest BCUT2D eigenvalue weighted by atomic mass is 16.5. The summed E-state index contributed by atoms with van der Waals surface area (Å²) in [5.41, 5.74) is 1.06. The van der Waals surface area contributed by atoms with E-state index in [-0.39, 0.29) is 17.7 Å². The lowest BCUT2D eigenvalue weighted by Gasteiger charge is -2.28. The van der Waals surface area contributed by atoms with Crippen LogP contribution in [0.5, 0.6) is 0 Å². The maximum absolute atomic E-state index is 12.7. The predicted octanol–water partition coefficient (Wildman–Crippen LogP) is 1.35. The van der Waals surface area contributed by atoms with Crippen LogP contribution in [0, 0.1) is 5.92 Å². The molecule has 2 N–H and O–H groups in total. The fourth-order valence-electron chi connectivity index (χ4n) is 3.48. The van der Waals surface area contributed by atoms with E-state index in [1.54, 1.807) is 0 Å². The zero-order chi connectivity index (χ0) is 18.9. The van der Waals surface area contributed by atoms with Gasteiger partial charge in [0.25, 0.3) is 0 Å². The SMILES string of the molecule is O=C(NC(Cc1ccccc1)C(=O)NCCCN1CCOCC1)C1CCC1. The first kappa shape index (κ1) is 19.8. The summed E-state index contributed by atoms with van der Waals surface area (Å²) in [4.78, 5) is 27.4. The molecule has 0 spiro atoms. The summed E-state index contributed by atoms with van der Waals surface area (Å²) in [6.07, 6.45) is 4.40. The van der Waals surface area contributed by atoms with Gasteiger partial charge in [-0.05, 0) is 31.4 Å². The van der Waals surface area contributed by atoms with Gasteiger partial charge in [0.15, 0.2) is 0 Å². The molecule has 1 saturated carbocycles. The lowest BCUT2D eigenvalue weighted by molar-refractivity contribution is -0.132. The van der Waals surface area contributed by atoms with Crippen LogP contribution in [0.1, 0.15) is 31.2 Å². The van der Waals surface area contributed by atoms with Crippen LogP contribution in [0.15, 0.2) is 30.3 Å². The molecule has 148 valence electrons. The molecule has 1 atom stereocenters. The lowest BCUT2D eigenvalue weighted by Crippen LogP contribution is -2.50. The van der Waals surface area contributed by atoms with Crippen molar-refractivity contribution in [2.45, 2.75) is 38.1 Å². The second kappa shape index (κ2) is 10.4. The van der Waals surface area contributed by atoms with Crippen molar-refractivity contribution in [3.05, 3.63) is 35.9 Å². The molecular weight excluding hydrogens is 342 g/mol. The Hall–Kier alpha value is -1.92. The van der Waals surface area contributed by atoms with Crippen molar-refractivity contribution < 1.29 is 14.3 Å². The predicted molar refractivity (Wildman–Crippen MR) is 104 cm³/mol. The molecule has 0 bridgehead atoms. The highest BCUT2D eigenvalue weighted by Crippen LogP contribution is 2.26. The van der Waals surface area contributed by atoms with Crippen molar-refractivity contribution in [1.29, 1.82) is 0 Å². The van der Waals surface area contributed by atoms with Crippen LogP contribution in [0.3, 0.4) is 0 Å². The van der Waals surface area contributed by atoms with Gasteiger partial charge in [0, 0.05) is 32.0 Å². The molecule has 3 rings (SSSR count). The van der Waals surface area contributed by atoms with E-state index in [9.17, 15) is 9.59 Å². The van der Waals surface area contributed by atoms with E-state index in [1.165, 1.54) is 0 Å². The highest BCUT2D eigenvalue weighted by Gasteiger charge is 2.29. The molecule has 2 fully saturated rings. The van der Waals surface area contributed by atoms with Gasteiger partial charge in [0.2, 0.25) is 11.8 Å². The van der Waals surface area contributed by atoms with Crippen LogP contribution in [0.25, 0.3) is 0 Å². The Morgan fingerprint density at radius 3 is 2.56 bits per heavy atom. The maximum atomic E-state index is 12.7. The Morgan fingerprint density at radius 1 is 1.15 bits per heavy atom. The average Bonchev–Trinajstić information content (AvgIpc) is 2.65. The average molecular weight is 373 g/mol. The lowest BCUT2D eigenvalue weighted by atomic mass is 9.84. The van der Waals surface area contributed by atoms with E-state index in [0.29, 0.717) is 13.0 Å². The zero-order valence-corrected chi connectivity index (χ0v) is 16.0. The molecule has 27 heavy (non-hydrogen) atoms. The zero-order valence-electron chi connectivity index (χ0n) is 16.0. The monoisotopic (exact) mass is 373 g/mol. The molecular formula is C21H31N3O3. The summed E-state index contributed by atoms with van der Waals surface area (Å²) in [6, 6.07) is 9.35. The number of carbonyl (C=O) groups is 2. The second-order valence-electron chi connectivity index (χ2n) is 7.48. The highest BCUT2D eigenvalue weighted by molar-refractivity contribution is 5.89. The Bertz CT molecular complexity index is 598. The van der Waals surface area contributed by atoms with E-state index in [4.69, 9.17) is 4.74 Å². The largest absolute Gasteiger partial charge is 0.379 e. The Morgan fingerprint density at radius 2 is 1.89 bits per heavy atom. The number of rotatable bonds is 9. The van der Waals surface area contributed by atoms with E-state index >= 15 is 0 Å². The second-order valence-corrected chi connectivity index (χ2v) is 7.48. The minimum atomic E-state index is -0.510. The summed E-state index contributed by atoms with van der Waals surface area (Å²) >= 11 is 0. The number of hydrogen-bond acceptors (Lipinski definition) is 4. The molecule has 6 heteroatoms. The van der Waals surface area contributed by atoms with Gasteiger partial charge in [-0.1, -0.05) is 36.8 Å². The van der Waals surface area contributed by atoms with Gasteiger partial charge in [-0.15, -0.1) is 0 Å². The van der Waals surface area contributed by atoms with Crippen molar-refractivity contribution in [3.63, 3.8) is 0 Å². The number of carbonyl (C=O) groups excluding carboxylic acids is 2. The topological polar surface area (TPSA) is 70.7 Å². The summed E-state index contributed by atoms with van der Waals surface area (Å²) in [5.74, 6) is 0.0107. The van der Waals surface area contributed by atoms with E-state index < -0.39 is 6.04 Å². The van der Waals surface area contributed by atoms with Crippen LogP contribution in [-0.4, -0.2) is 62.1 Å². The number of nitrogens with one attached hydrogen (secondary N) is 2. The molecule has 0 aromatic heterocycles. The van der Waals surface area contributed by atoms with Gasteiger partial charge in [0.1, 0.15) is 6.04 Å². The van der Waals surface area contributed by atoms with Crippen LogP contribution < -0.4 is 10.6 Å². The minimum Gasteiger partial charge on any atom is -0.379 e. The smallest absolute Gasteiger partial charge is 0.242 e. The standard InChI is InChI=1S/C21H31N3O3/c25-20(18-8-4-9-18)23-19(16-17-6-2-1-3-7-17)21(26)22-10-5-11-24-12-14-27-15-13-24/h1-3,6-7,18-19H,4-5,8-16H2,(H,22,26)(H,23,25). The maximum Gasteiger partial charge on any atom is 0.242 e. The van der Waals surface area contributed by atoms with E-state index in [2.05, 4.69) is 15.5 Å². The number of morpholine rings is 1. The van der Waals surface area contributed by atoms with Gasteiger partial charge < -0.3 is 15.4 Å². The number of amides is 2. The van der Waals surface area contributed by atoms with Gasteiger partial charge in [-0.2, -0.15) is 0 Å². The van der Waals surface area contributed by atoms with Crippen LogP contribution in [0.4, 0.5) is 0 Å². The third kappa shape index (κ3) is 6.33. The third-order valence-electron chi connectivity index (χ3n) is 5.45. The minimum absolute atomic E-state index is 0.0191. The van der Waals surface area contributed by atoms with Gasteiger partial charge in [0.05, 0.1) is 13.2 Å². The molecule has 1 aromatic rings. The molecule has 0 radical (unpaired) electrons. The first-order valence-corrected chi connectivity index (χ1v) is 10.1. The quantitative estimate of drug-likeness (QED) is 0.641. The summed E-state index contributed by atoms with van der Waals surface area (Å²) in [6.45, 7) is 5.09. The summed E-state index contributed by atoms with van der Waals surface area (Å²) < 4.78 is 5.35. The molecule has 1 aliphatic carbocycles. The molecule has 1 unspecified atom stereocenters. The number of benzene rings is 1. The normalized spacial score (nSPS) is 19.1. The number of ether oxygens (including phenoxy) is 1. The van der Waals surface area contributed by atoms with Crippen molar-refractivity contribution in [2.75, 3.05) is 39.4 Å². The molecule has 2 aliphatic rings. The number of hydrogen-bond donors (Lipinski definition) is 2. The van der Waals surface area contributed by atoms with Crippen LogP contribution in [0.2, 0.25) is 0 Å². The molecule has 1 saturated heterocycles. The summed E-state index contributed by atoms with van der Waals surface area (Å²) in [5, 5.41) is 5.99. The summed E-state index contributed by atoms with van der Waals surface area (Å²) in [7, 11) is 0. The molecule has 1 aromatic carbocycles. The van der Waals surface area contributed by atoms with Gasteiger partial charge in [-0.25, -0.2) is 0 Å². The molecule has 1 heterocycles. The Labute approximate surface area is 161 Å². The van der Waals surface area contributed by atoms with Crippen molar-refractivity contribution in [1.82, 2.24) is 15.5 Å². The van der Waals surface area contributed by atoms with Crippen molar-refractivity contribution in [2.24, 2.45) is 5.92 Å². The Kier molecular flexibility index (Phi) is 7.66. The fourth-order valence-corrected chi connectivity index (χ4v) is 3.48. The first-order valence-electron chi connectivity index (χ1n) is 10.1. The Balaban J connectivity index is 1.47. The van der Waals surface area contributed by atoms with Gasteiger partial charge >= 0.3 is 0 Å². The fraction of sp³-hybridized carbons (Fsp3) is 0.619. The van der Waals surface area contributed by atoms with Crippen molar-refractivity contribution in [3.8, 4) is 0 Å². The van der Waals surface area contributed by atoms with E-state index in [1.807, 2.05) is 30.3 Å². The third-order valence-corrected chi connectivity index (χ3v) is 5.45. The van der Waals surface area contributed by atoms with E-state index in [0.717, 1.165) is 64.1 Å². The van der Waals surface area contributed by atoms with Crippen LogP contribution >= 0.6 is 0 Å². The molecule has 2 amide bonds. The van der Waals surface area contributed by atoms with Crippen LogP contribution in [-0.2, 0) is 20.7 Å². The van der Waals surface area contributed by atoms with Gasteiger partial charge in [-0.3, -0.25) is 14.5 Å². The number of nitrogens with zero attached hydrogens (tertiary/aromatic N) is 1. The molecule has 1 aliphatic heterocycles.